The molecule has 0 saturated carbocycles. The number of esters is 1. The molecule has 2 rings (SSSR count). The highest BCUT2D eigenvalue weighted by Gasteiger charge is 2.12. The van der Waals surface area contributed by atoms with Crippen LogP contribution in [0.3, 0.4) is 0 Å². The van der Waals surface area contributed by atoms with Gasteiger partial charge in [0.1, 0.15) is 30.6 Å². The summed E-state index contributed by atoms with van der Waals surface area (Å²) in [7, 11) is 0. The van der Waals surface area contributed by atoms with Gasteiger partial charge in [-0.25, -0.2) is 8.78 Å². The largest absolute Gasteiger partial charge is 0.490 e. The van der Waals surface area contributed by atoms with Crippen LogP contribution in [-0.2, 0) is 9.53 Å². The number of ether oxygens (including phenoxy) is 2. The van der Waals surface area contributed by atoms with Crippen LogP contribution in [0, 0.1) is 18.6 Å². The van der Waals surface area contributed by atoms with Crippen molar-refractivity contribution in [3.05, 3.63) is 65.2 Å². The van der Waals surface area contributed by atoms with Gasteiger partial charge in [0.2, 0.25) is 0 Å². The molecule has 1 amide bonds. The molecule has 0 heterocycles. The lowest BCUT2D eigenvalue weighted by molar-refractivity contribution is -0.144. The molecule has 0 aliphatic rings. The second-order valence-electron chi connectivity index (χ2n) is 5.82. The second-order valence-corrected chi connectivity index (χ2v) is 5.82. The van der Waals surface area contributed by atoms with Crippen molar-refractivity contribution in [1.82, 2.24) is 5.32 Å². The number of benzene rings is 2. The summed E-state index contributed by atoms with van der Waals surface area (Å²) in [4.78, 5) is 23.4. The van der Waals surface area contributed by atoms with Gasteiger partial charge in [0.15, 0.2) is 0 Å². The second kappa shape index (κ2) is 10.3. The normalized spacial score (nSPS) is 10.3. The number of hydrogen-bond donors (Lipinski definition) is 1. The van der Waals surface area contributed by atoms with Crippen LogP contribution in [0.25, 0.3) is 0 Å². The Bertz CT molecular complexity index is 795. The van der Waals surface area contributed by atoms with Crippen molar-refractivity contribution in [2.75, 3.05) is 19.8 Å². The van der Waals surface area contributed by atoms with Crippen molar-refractivity contribution in [2.24, 2.45) is 0 Å². The SMILES string of the molecule is Cc1ccccc1OCCOC(=O)CCCNC(=O)c1ccc(F)cc1F. The third-order valence-electron chi connectivity index (χ3n) is 3.72. The number of halogens is 2. The van der Waals surface area contributed by atoms with Gasteiger partial charge in [-0.3, -0.25) is 9.59 Å². The molecule has 144 valence electrons. The quantitative estimate of drug-likeness (QED) is 0.537. The van der Waals surface area contributed by atoms with E-state index in [1.165, 1.54) is 0 Å². The third-order valence-corrected chi connectivity index (χ3v) is 3.72. The van der Waals surface area contributed by atoms with Crippen molar-refractivity contribution in [3.63, 3.8) is 0 Å². The lowest BCUT2D eigenvalue weighted by Crippen LogP contribution is -2.26. The molecule has 0 fully saturated rings. The Morgan fingerprint density at radius 3 is 2.59 bits per heavy atom. The predicted molar refractivity (Wildman–Crippen MR) is 95.6 cm³/mol. The molecular formula is C20H21F2NO4. The van der Waals surface area contributed by atoms with E-state index in [-0.39, 0.29) is 31.7 Å². The van der Waals surface area contributed by atoms with E-state index in [1.807, 2.05) is 31.2 Å². The molecule has 2 aromatic rings. The van der Waals surface area contributed by atoms with Crippen molar-refractivity contribution in [3.8, 4) is 5.75 Å². The maximum atomic E-state index is 13.5. The molecule has 1 N–H and O–H groups in total. The van der Waals surface area contributed by atoms with Crippen LogP contribution in [0.5, 0.6) is 5.75 Å². The van der Waals surface area contributed by atoms with E-state index in [2.05, 4.69) is 5.32 Å². The Morgan fingerprint density at radius 2 is 1.85 bits per heavy atom. The smallest absolute Gasteiger partial charge is 0.305 e. The minimum atomic E-state index is -0.930. The van der Waals surface area contributed by atoms with Gasteiger partial charge in [0.25, 0.3) is 5.91 Å². The highest BCUT2D eigenvalue weighted by atomic mass is 19.1. The van der Waals surface area contributed by atoms with Gasteiger partial charge in [-0.1, -0.05) is 18.2 Å². The van der Waals surface area contributed by atoms with Gasteiger partial charge in [-0.2, -0.15) is 0 Å². The first kappa shape index (κ1) is 20.4. The van der Waals surface area contributed by atoms with E-state index in [0.29, 0.717) is 12.5 Å². The van der Waals surface area contributed by atoms with Crippen molar-refractivity contribution >= 4 is 11.9 Å². The van der Waals surface area contributed by atoms with Gasteiger partial charge in [0.05, 0.1) is 5.56 Å². The van der Waals surface area contributed by atoms with E-state index in [9.17, 15) is 18.4 Å². The number of para-hydroxylation sites is 1. The minimum Gasteiger partial charge on any atom is -0.490 e. The van der Waals surface area contributed by atoms with Crippen molar-refractivity contribution < 1.29 is 27.8 Å². The molecule has 5 nitrogen and oxygen atoms in total. The van der Waals surface area contributed by atoms with Crippen molar-refractivity contribution in [1.29, 1.82) is 0 Å². The zero-order valence-electron chi connectivity index (χ0n) is 15.0. The van der Waals surface area contributed by atoms with Crippen LogP contribution >= 0.6 is 0 Å². The summed E-state index contributed by atoms with van der Waals surface area (Å²) < 4.78 is 36.9. The first-order chi connectivity index (χ1) is 13.0. The fourth-order valence-electron chi connectivity index (χ4n) is 2.30. The van der Waals surface area contributed by atoms with E-state index in [4.69, 9.17) is 9.47 Å². The zero-order chi connectivity index (χ0) is 19.6. The summed E-state index contributed by atoms with van der Waals surface area (Å²) in [5.41, 5.74) is 0.754. The fraction of sp³-hybridized carbons (Fsp3) is 0.300. The Hall–Kier alpha value is -2.96. The van der Waals surface area contributed by atoms with Gasteiger partial charge < -0.3 is 14.8 Å². The lowest BCUT2D eigenvalue weighted by atomic mass is 10.2. The number of hydrogen-bond acceptors (Lipinski definition) is 4. The molecule has 0 spiro atoms. The van der Waals surface area contributed by atoms with Crippen LogP contribution in [0.1, 0.15) is 28.8 Å². The van der Waals surface area contributed by atoms with E-state index < -0.39 is 23.5 Å². The molecule has 0 aliphatic carbocycles. The number of rotatable bonds is 9. The number of amides is 1. The molecule has 0 radical (unpaired) electrons. The highest BCUT2D eigenvalue weighted by molar-refractivity contribution is 5.94. The summed E-state index contributed by atoms with van der Waals surface area (Å²) in [5.74, 6) is -2.01. The molecule has 0 unspecified atom stereocenters. The number of carbonyl (C=O) groups excluding carboxylic acids is 2. The average Bonchev–Trinajstić information content (AvgIpc) is 2.63. The zero-order valence-corrected chi connectivity index (χ0v) is 15.0. The maximum Gasteiger partial charge on any atom is 0.305 e. The predicted octanol–water partition coefficient (Wildman–Crippen LogP) is 3.41. The molecule has 0 bridgehead atoms. The third kappa shape index (κ3) is 6.69. The summed E-state index contributed by atoms with van der Waals surface area (Å²) in [5, 5.41) is 2.48. The highest BCUT2D eigenvalue weighted by Crippen LogP contribution is 2.15. The summed E-state index contributed by atoms with van der Waals surface area (Å²) in [6.45, 7) is 2.47. The number of carbonyl (C=O) groups is 2. The Labute approximate surface area is 156 Å². The molecule has 0 aromatic heterocycles. The summed E-state index contributed by atoms with van der Waals surface area (Å²) >= 11 is 0. The Kier molecular flexibility index (Phi) is 7.73. The van der Waals surface area contributed by atoms with E-state index in [0.717, 1.165) is 23.4 Å². The monoisotopic (exact) mass is 377 g/mol. The Morgan fingerprint density at radius 1 is 1.07 bits per heavy atom. The molecule has 27 heavy (non-hydrogen) atoms. The number of nitrogens with one attached hydrogen (secondary N) is 1. The standard InChI is InChI=1S/C20H21F2NO4/c1-14-5-2-3-6-18(14)26-11-12-27-19(24)7-4-10-23-20(25)16-9-8-15(21)13-17(16)22/h2-3,5-6,8-9,13H,4,7,10-12H2,1H3,(H,23,25). The summed E-state index contributed by atoms with van der Waals surface area (Å²) in [6.07, 6.45) is 0.447. The van der Waals surface area contributed by atoms with Crippen LogP contribution in [0.15, 0.2) is 42.5 Å². The molecule has 0 atom stereocenters. The Balaban J connectivity index is 1.59. The molecule has 0 aliphatic heterocycles. The maximum absolute atomic E-state index is 13.5. The first-order valence-electron chi connectivity index (χ1n) is 8.54. The van der Waals surface area contributed by atoms with Gasteiger partial charge in [-0.05, 0) is 37.1 Å². The van der Waals surface area contributed by atoms with Crippen LogP contribution < -0.4 is 10.1 Å². The van der Waals surface area contributed by atoms with Crippen LogP contribution in [0.2, 0.25) is 0 Å². The van der Waals surface area contributed by atoms with Gasteiger partial charge >= 0.3 is 5.97 Å². The number of aryl methyl sites for hydroxylation is 1. The topological polar surface area (TPSA) is 64.6 Å². The fourth-order valence-corrected chi connectivity index (χ4v) is 2.30. The molecule has 7 heteroatoms. The van der Waals surface area contributed by atoms with Crippen LogP contribution in [-0.4, -0.2) is 31.6 Å². The van der Waals surface area contributed by atoms with Gasteiger partial charge in [0, 0.05) is 19.0 Å². The van der Waals surface area contributed by atoms with Gasteiger partial charge in [-0.15, -0.1) is 0 Å². The minimum absolute atomic E-state index is 0.108. The van der Waals surface area contributed by atoms with E-state index in [1.54, 1.807) is 0 Å². The van der Waals surface area contributed by atoms with Crippen molar-refractivity contribution in [2.45, 2.75) is 19.8 Å². The summed E-state index contributed by atoms with van der Waals surface area (Å²) in [6, 6.07) is 10.3. The molecular weight excluding hydrogens is 356 g/mol. The first-order valence-corrected chi connectivity index (χ1v) is 8.54. The lowest BCUT2D eigenvalue weighted by Gasteiger charge is -2.09. The van der Waals surface area contributed by atoms with Crippen LogP contribution in [0.4, 0.5) is 8.78 Å². The molecule has 0 saturated heterocycles. The van der Waals surface area contributed by atoms with E-state index >= 15 is 0 Å². The molecule has 2 aromatic carbocycles. The average molecular weight is 377 g/mol.